The number of anilines is 2. The summed E-state index contributed by atoms with van der Waals surface area (Å²) in [5.74, 6) is -0.181. The molecule has 2 unspecified atom stereocenters. The second-order valence-electron chi connectivity index (χ2n) is 9.64. The number of halogens is 1. The molecule has 2 aliphatic rings. The molecule has 2 aliphatic heterocycles. The Balaban J connectivity index is 1.05. The van der Waals surface area contributed by atoms with E-state index >= 15 is 0 Å². The average molecular weight is 623 g/mol. The van der Waals surface area contributed by atoms with Crippen LogP contribution in [0.15, 0.2) is 78.1 Å². The Bertz CT molecular complexity index is 1470. The van der Waals surface area contributed by atoms with E-state index in [1.807, 2.05) is 53.4 Å². The molecular weight excluding hydrogens is 596 g/mol. The van der Waals surface area contributed by atoms with E-state index in [4.69, 9.17) is 14.2 Å². The minimum Gasteiger partial charge on any atom is -0.491 e. The maximum Gasteiger partial charge on any atom is 0.406 e. The van der Waals surface area contributed by atoms with Crippen molar-refractivity contribution in [2.45, 2.75) is 18.4 Å². The van der Waals surface area contributed by atoms with E-state index in [0.29, 0.717) is 51.8 Å². The molecule has 41 heavy (non-hydrogen) atoms. The van der Waals surface area contributed by atoms with Crippen LogP contribution in [0.4, 0.5) is 17.3 Å². The Hall–Kier alpha value is -4.14. The van der Waals surface area contributed by atoms with Crippen LogP contribution in [0, 0.1) is 10.1 Å². The van der Waals surface area contributed by atoms with Gasteiger partial charge in [0, 0.05) is 41.9 Å². The molecule has 13 nitrogen and oxygen atoms in total. The molecule has 0 N–H and O–H groups in total. The minimum absolute atomic E-state index is 0.216. The lowest BCUT2D eigenvalue weighted by atomic mass is 10.1. The maximum atomic E-state index is 11.3. The molecule has 14 heteroatoms. The number of nitrogens with zero attached hydrogens (tertiary/aromatic N) is 8. The number of rotatable bonds is 9. The predicted octanol–water partition coefficient (Wildman–Crippen LogP) is 3.41. The first-order valence-corrected chi connectivity index (χ1v) is 13.9. The lowest BCUT2D eigenvalue weighted by Crippen LogP contribution is -2.47. The van der Waals surface area contributed by atoms with Gasteiger partial charge in [0.15, 0.2) is 6.20 Å². The Labute approximate surface area is 244 Å². The van der Waals surface area contributed by atoms with Crippen molar-refractivity contribution in [1.82, 2.24) is 24.7 Å². The molecule has 2 aromatic carbocycles. The Morgan fingerprint density at radius 2 is 1.76 bits per heavy atom. The molecule has 212 valence electrons. The van der Waals surface area contributed by atoms with E-state index < -0.39 is 10.7 Å². The summed E-state index contributed by atoms with van der Waals surface area (Å²) in [5.41, 5.74) is 1.94. The number of aromatic nitrogens is 5. The number of nitro groups is 1. The molecule has 0 aliphatic carbocycles. The molecule has 0 bridgehead atoms. The van der Waals surface area contributed by atoms with Gasteiger partial charge in [0.2, 0.25) is 11.6 Å². The van der Waals surface area contributed by atoms with Crippen molar-refractivity contribution in [2.75, 3.05) is 49.2 Å². The molecule has 2 aromatic heterocycles. The van der Waals surface area contributed by atoms with E-state index in [2.05, 4.69) is 40.9 Å². The van der Waals surface area contributed by atoms with Crippen LogP contribution in [0.3, 0.4) is 0 Å². The monoisotopic (exact) mass is 622 g/mol. The summed E-state index contributed by atoms with van der Waals surface area (Å²) in [7, 11) is 0. The van der Waals surface area contributed by atoms with Gasteiger partial charge in [-0.1, -0.05) is 28.1 Å². The van der Waals surface area contributed by atoms with Crippen molar-refractivity contribution < 1.29 is 19.1 Å². The van der Waals surface area contributed by atoms with Gasteiger partial charge in [0.1, 0.15) is 37.7 Å². The van der Waals surface area contributed by atoms with Gasteiger partial charge in [-0.3, -0.25) is 0 Å². The van der Waals surface area contributed by atoms with Gasteiger partial charge < -0.3 is 34.1 Å². The largest absolute Gasteiger partial charge is 0.491 e. The van der Waals surface area contributed by atoms with Gasteiger partial charge in [-0.05, 0) is 46.3 Å². The van der Waals surface area contributed by atoms with Crippen LogP contribution in [-0.4, -0.2) is 75.2 Å². The van der Waals surface area contributed by atoms with Crippen LogP contribution in [0.2, 0.25) is 0 Å². The Kier molecular flexibility index (Phi) is 7.76. The van der Waals surface area contributed by atoms with Crippen LogP contribution < -0.4 is 14.5 Å². The van der Waals surface area contributed by atoms with Gasteiger partial charge in [0.05, 0.1) is 12.8 Å². The second kappa shape index (κ2) is 11.8. The second-order valence-corrected chi connectivity index (χ2v) is 10.6. The minimum atomic E-state index is -1.000. The number of ether oxygens (including phenoxy) is 3. The Morgan fingerprint density at radius 1 is 1.02 bits per heavy atom. The molecular formula is C27H27BrN8O5. The van der Waals surface area contributed by atoms with Crippen molar-refractivity contribution in [2.24, 2.45) is 0 Å². The fourth-order valence-corrected chi connectivity index (χ4v) is 5.26. The predicted molar refractivity (Wildman–Crippen MR) is 152 cm³/mol. The highest BCUT2D eigenvalue weighted by molar-refractivity contribution is 9.10. The zero-order chi connectivity index (χ0) is 28.2. The number of hydrogen-bond donors (Lipinski definition) is 0. The highest BCUT2D eigenvalue weighted by atomic mass is 79.9. The first kappa shape index (κ1) is 27.1. The van der Waals surface area contributed by atoms with Crippen LogP contribution in [0.5, 0.6) is 5.75 Å². The summed E-state index contributed by atoms with van der Waals surface area (Å²) in [5, 5.41) is 15.6. The normalized spacial score (nSPS) is 20.8. The van der Waals surface area contributed by atoms with E-state index in [-0.39, 0.29) is 11.9 Å². The fraction of sp³-hybridized carbons (Fsp3) is 0.333. The first-order chi connectivity index (χ1) is 20.0. The van der Waals surface area contributed by atoms with Crippen molar-refractivity contribution >= 4 is 33.3 Å². The summed E-state index contributed by atoms with van der Waals surface area (Å²) in [4.78, 5) is 27.1. The van der Waals surface area contributed by atoms with Gasteiger partial charge in [0.25, 0.3) is 0 Å². The standard InChI is InChI=1S/C27H27BrN8O5/c28-21-3-1-20(2-4-21)27(17-35-19-29-18-32-35)40-16-24(41-27)15-39-23-7-5-22(6-8-23)33-11-13-34(14-12-33)25-26(36(37)38)31-10-9-30-25/h1-10,18-19,24H,11-17H2. The van der Waals surface area contributed by atoms with Crippen LogP contribution in [0.25, 0.3) is 0 Å². The van der Waals surface area contributed by atoms with Gasteiger partial charge in [-0.25, -0.2) is 14.6 Å². The SMILES string of the molecule is O=[N+]([O-])c1nccnc1N1CCN(c2ccc(OCC3COC(Cn4cncn4)(c4ccc(Br)cc4)O3)cc2)CC1. The van der Waals surface area contributed by atoms with E-state index in [9.17, 15) is 10.1 Å². The highest BCUT2D eigenvalue weighted by Crippen LogP contribution is 2.37. The van der Waals surface area contributed by atoms with E-state index in [1.165, 1.54) is 18.7 Å². The van der Waals surface area contributed by atoms with Crippen molar-refractivity contribution in [3.8, 4) is 5.75 Å². The molecule has 0 amide bonds. The van der Waals surface area contributed by atoms with Crippen molar-refractivity contribution in [3.05, 3.63) is 93.7 Å². The van der Waals surface area contributed by atoms with E-state index in [1.54, 1.807) is 11.0 Å². The smallest absolute Gasteiger partial charge is 0.406 e. The zero-order valence-corrected chi connectivity index (χ0v) is 23.5. The molecule has 2 fully saturated rings. The summed E-state index contributed by atoms with van der Waals surface area (Å²) in [6.45, 7) is 3.66. The third-order valence-electron chi connectivity index (χ3n) is 7.03. The zero-order valence-electron chi connectivity index (χ0n) is 22.0. The lowest BCUT2D eigenvalue weighted by molar-refractivity contribution is -0.389. The molecule has 2 atom stereocenters. The molecule has 4 heterocycles. The van der Waals surface area contributed by atoms with Crippen LogP contribution >= 0.6 is 15.9 Å². The third kappa shape index (κ3) is 5.99. The van der Waals surface area contributed by atoms with Crippen molar-refractivity contribution in [1.29, 1.82) is 0 Å². The van der Waals surface area contributed by atoms with Crippen LogP contribution in [0.1, 0.15) is 5.56 Å². The quantitative estimate of drug-likeness (QED) is 0.201. The fourth-order valence-electron chi connectivity index (χ4n) is 5.00. The van der Waals surface area contributed by atoms with Crippen molar-refractivity contribution in [3.63, 3.8) is 0 Å². The summed E-state index contributed by atoms with van der Waals surface area (Å²) in [6.07, 6.45) is 5.66. The topological polar surface area (TPSA) is 134 Å². The molecule has 0 radical (unpaired) electrons. The summed E-state index contributed by atoms with van der Waals surface area (Å²) < 4.78 is 21.4. The van der Waals surface area contributed by atoms with Gasteiger partial charge >= 0.3 is 5.82 Å². The molecule has 0 spiro atoms. The lowest BCUT2D eigenvalue weighted by Gasteiger charge is -2.36. The summed E-state index contributed by atoms with van der Waals surface area (Å²) in [6, 6.07) is 15.7. The maximum absolute atomic E-state index is 11.3. The van der Waals surface area contributed by atoms with Crippen LogP contribution in [-0.2, 0) is 21.8 Å². The number of piperazine rings is 1. The molecule has 4 aromatic rings. The molecule has 0 saturated carbocycles. The number of hydrogen-bond acceptors (Lipinski definition) is 11. The first-order valence-electron chi connectivity index (χ1n) is 13.1. The van der Waals surface area contributed by atoms with Gasteiger partial charge in [-0.15, -0.1) is 0 Å². The van der Waals surface area contributed by atoms with E-state index in [0.717, 1.165) is 21.5 Å². The summed E-state index contributed by atoms with van der Waals surface area (Å²) >= 11 is 3.48. The van der Waals surface area contributed by atoms with Gasteiger partial charge in [-0.2, -0.15) is 5.10 Å². The Morgan fingerprint density at radius 3 is 2.46 bits per heavy atom. The molecule has 6 rings (SSSR count). The third-order valence-corrected chi connectivity index (χ3v) is 7.56. The average Bonchev–Trinajstić information content (AvgIpc) is 3.67. The highest BCUT2D eigenvalue weighted by Gasteiger charge is 2.44. The number of benzene rings is 2. The molecule has 2 saturated heterocycles.